The molecule has 0 aliphatic heterocycles. The van der Waals surface area contributed by atoms with Gasteiger partial charge in [-0.15, -0.1) is 0 Å². The van der Waals surface area contributed by atoms with Gasteiger partial charge in [0, 0.05) is 27.0 Å². The topological polar surface area (TPSA) is 109 Å². The van der Waals surface area contributed by atoms with Gasteiger partial charge in [0.1, 0.15) is 11.6 Å². The lowest BCUT2D eigenvalue weighted by Crippen LogP contribution is -2.32. The molecule has 0 aliphatic rings. The fourth-order valence-corrected chi connectivity index (χ4v) is 3.14. The summed E-state index contributed by atoms with van der Waals surface area (Å²) in [6, 6.07) is 16.2. The second kappa shape index (κ2) is 11.8. The highest BCUT2D eigenvalue weighted by atomic mass is 35.5. The summed E-state index contributed by atoms with van der Waals surface area (Å²) in [6.07, 6.45) is 1.26. The van der Waals surface area contributed by atoms with Crippen LogP contribution in [0.5, 0.6) is 5.75 Å². The molecule has 0 heterocycles. The molecular formula is C23H17Cl2FN4O4. The Balaban J connectivity index is 1.53. The molecule has 0 aliphatic carbocycles. The highest BCUT2D eigenvalue weighted by Gasteiger charge is 2.13. The van der Waals surface area contributed by atoms with Crippen molar-refractivity contribution in [2.45, 2.75) is 0 Å². The molecule has 0 fully saturated rings. The molecule has 11 heteroatoms. The van der Waals surface area contributed by atoms with Crippen LogP contribution in [0.4, 0.5) is 15.8 Å². The molecule has 174 valence electrons. The van der Waals surface area contributed by atoms with Gasteiger partial charge in [-0.1, -0.05) is 35.3 Å². The lowest BCUT2D eigenvalue weighted by atomic mass is 10.2. The van der Waals surface area contributed by atoms with Crippen molar-refractivity contribution in [3.05, 3.63) is 88.2 Å². The molecule has 3 aromatic carbocycles. The van der Waals surface area contributed by atoms with Crippen LogP contribution in [0.25, 0.3) is 0 Å². The van der Waals surface area contributed by atoms with E-state index in [-0.39, 0.29) is 12.3 Å². The maximum Gasteiger partial charge on any atom is 0.329 e. The Morgan fingerprint density at radius 2 is 1.56 bits per heavy atom. The molecule has 0 radical (unpaired) electrons. The van der Waals surface area contributed by atoms with Crippen LogP contribution in [0.15, 0.2) is 71.8 Å². The third kappa shape index (κ3) is 7.58. The van der Waals surface area contributed by atoms with Gasteiger partial charge in [-0.25, -0.2) is 9.82 Å². The maximum atomic E-state index is 12.9. The van der Waals surface area contributed by atoms with Crippen LogP contribution < -0.4 is 20.8 Å². The minimum Gasteiger partial charge on any atom is -0.483 e. The van der Waals surface area contributed by atoms with Crippen molar-refractivity contribution in [1.29, 1.82) is 0 Å². The number of hydrogen-bond acceptors (Lipinski definition) is 5. The van der Waals surface area contributed by atoms with Crippen LogP contribution in [0.1, 0.15) is 5.56 Å². The number of anilines is 2. The molecule has 34 heavy (non-hydrogen) atoms. The van der Waals surface area contributed by atoms with Gasteiger partial charge in [-0.05, 0) is 54.6 Å². The molecule has 8 nitrogen and oxygen atoms in total. The highest BCUT2D eigenvalue weighted by molar-refractivity contribution is 6.39. The van der Waals surface area contributed by atoms with Gasteiger partial charge < -0.3 is 15.4 Å². The second-order valence-corrected chi connectivity index (χ2v) is 7.57. The molecule has 0 aromatic heterocycles. The number of nitrogens with zero attached hydrogens (tertiary/aromatic N) is 1. The Kier molecular flexibility index (Phi) is 8.55. The van der Waals surface area contributed by atoms with Crippen molar-refractivity contribution in [2.75, 3.05) is 17.2 Å². The number of carbonyl (C=O) groups is 3. The lowest BCUT2D eigenvalue weighted by molar-refractivity contribution is -0.136. The van der Waals surface area contributed by atoms with E-state index in [0.29, 0.717) is 27.0 Å². The Labute approximate surface area is 203 Å². The molecular weight excluding hydrogens is 486 g/mol. The number of halogens is 3. The molecule has 3 rings (SSSR count). The zero-order chi connectivity index (χ0) is 24.5. The molecule has 0 spiro atoms. The van der Waals surface area contributed by atoms with E-state index in [1.165, 1.54) is 24.4 Å². The van der Waals surface area contributed by atoms with Gasteiger partial charge in [0.25, 0.3) is 5.91 Å². The van der Waals surface area contributed by atoms with E-state index >= 15 is 0 Å². The first-order valence-corrected chi connectivity index (χ1v) is 10.4. The van der Waals surface area contributed by atoms with Gasteiger partial charge >= 0.3 is 11.8 Å². The second-order valence-electron chi connectivity index (χ2n) is 6.69. The van der Waals surface area contributed by atoms with E-state index in [0.717, 1.165) is 12.1 Å². The van der Waals surface area contributed by atoms with Crippen molar-refractivity contribution in [1.82, 2.24) is 5.43 Å². The van der Waals surface area contributed by atoms with Crippen molar-refractivity contribution in [3.8, 4) is 5.75 Å². The van der Waals surface area contributed by atoms with Gasteiger partial charge in [0.15, 0.2) is 6.61 Å². The highest BCUT2D eigenvalue weighted by Crippen LogP contribution is 2.22. The smallest absolute Gasteiger partial charge is 0.329 e. The molecule has 0 unspecified atom stereocenters. The average Bonchev–Trinajstić information content (AvgIpc) is 2.79. The summed E-state index contributed by atoms with van der Waals surface area (Å²) in [5, 5.41) is 9.42. The van der Waals surface area contributed by atoms with Crippen LogP contribution >= 0.6 is 23.2 Å². The standard InChI is InChI=1S/C23H17Cl2FN4O4/c24-15-9-16(25)11-19(10-15)28-21(31)13-34-20-4-2-1-3-14(20)12-27-30-23(33)22(32)29-18-7-5-17(26)6-8-18/h1-12H,13H2,(H,28,31)(H,29,32)(H,30,33)/b27-12-. The molecule has 3 aromatic rings. The Morgan fingerprint density at radius 1 is 0.882 bits per heavy atom. The normalized spacial score (nSPS) is 10.6. The number of amides is 3. The number of carbonyl (C=O) groups excluding carboxylic acids is 3. The van der Waals surface area contributed by atoms with Crippen molar-refractivity contribution in [3.63, 3.8) is 0 Å². The van der Waals surface area contributed by atoms with E-state index in [9.17, 15) is 18.8 Å². The SMILES string of the molecule is O=C(COc1ccccc1/C=N\NC(=O)C(=O)Nc1ccc(F)cc1)Nc1cc(Cl)cc(Cl)c1. The fraction of sp³-hybridized carbons (Fsp3) is 0.0435. The van der Waals surface area contributed by atoms with Gasteiger partial charge in [0.2, 0.25) is 0 Å². The van der Waals surface area contributed by atoms with Crippen LogP contribution in [-0.4, -0.2) is 30.5 Å². The maximum absolute atomic E-state index is 12.9. The summed E-state index contributed by atoms with van der Waals surface area (Å²) in [4.78, 5) is 36.0. The van der Waals surface area contributed by atoms with E-state index in [2.05, 4.69) is 21.2 Å². The van der Waals surface area contributed by atoms with Gasteiger partial charge in [0.05, 0.1) is 6.21 Å². The molecule has 0 saturated carbocycles. The largest absolute Gasteiger partial charge is 0.483 e. The number of hydrazone groups is 1. The van der Waals surface area contributed by atoms with E-state index in [1.807, 2.05) is 0 Å². The first kappa shape index (κ1) is 24.7. The Morgan fingerprint density at radius 3 is 2.26 bits per heavy atom. The summed E-state index contributed by atoms with van der Waals surface area (Å²) < 4.78 is 18.4. The number of rotatable bonds is 7. The average molecular weight is 503 g/mol. The number of ether oxygens (including phenoxy) is 1. The molecule has 3 amide bonds. The summed E-state index contributed by atoms with van der Waals surface area (Å²) in [5.41, 5.74) is 3.20. The zero-order valence-electron chi connectivity index (χ0n) is 17.3. The Bertz CT molecular complexity index is 1220. The predicted octanol–water partition coefficient (Wildman–Crippen LogP) is 4.24. The van der Waals surface area contributed by atoms with Crippen molar-refractivity contribution >= 4 is 58.5 Å². The quantitative estimate of drug-likeness (QED) is 0.255. The molecule has 0 bridgehead atoms. The lowest BCUT2D eigenvalue weighted by Gasteiger charge is -2.10. The fourth-order valence-electron chi connectivity index (χ4n) is 2.62. The molecule has 3 N–H and O–H groups in total. The zero-order valence-corrected chi connectivity index (χ0v) is 18.9. The van der Waals surface area contributed by atoms with E-state index < -0.39 is 23.5 Å². The summed E-state index contributed by atoms with van der Waals surface area (Å²) >= 11 is 11.8. The predicted molar refractivity (Wildman–Crippen MR) is 128 cm³/mol. The Hall–Kier alpha value is -3.95. The minimum absolute atomic E-state index is 0.252. The molecule has 0 atom stereocenters. The van der Waals surface area contributed by atoms with E-state index in [4.69, 9.17) is 27.9 Å². The number of para-hydroxylation sites is 1. The van der Waals surface area contributed by atoms with Crippen molar-refractivity contribution < 1.29 is 23.5 Å². The summed E-state index contributed by atoms with van der Waals surface area (Å²) in [7, 11) is 0. The first-order valence-electron chi connectivity index (χ1n) is 9.68. The van der Waals surface area contributed by atoms with Crippen LogP contribution in [0.3, 0.4) is 0 Å². The minimum atomic E-state index is -1.03. The number of benzene rings is 3. The molecule has 0 saturated heterocycles. The van der Waals surface area contributed by atoms with Crippen LogP contribution in [0.2, 0.25) is 10.0 Å². The van der Waals surface area contributed by atoms with Gasteiger partial charge in [-0.3, -0.25) is 14.4 Å². The third-order valence-electron chi connectivity index (χ3n) is 4.10. The number of nitrogens with one attached hydrogen (secondary N) is 3. The number of hydrogen-bond donors (Lipinski definition) is 3. The summed E-state index contributed by atoms with van der Waals surface area (Å²) in [5.74, 6) is -2.62. The first-order chi connectivity index (χ1) is 16.3. The van der Waals surface area contributed by atoms with Crippen LogP contribution in [0, 0.1) is 5.82 Å². The van der Waals surface area contributed by atoms with Gasteiger partial charge in [-0.2, -0.15) is 5.10 Å². The van der Waals surface area contributed by atoms with Crippen LogP contribution in [-0.2, 0) is 14.4 Å². The monoisotopic (exact) mass is 502 g/mol. The van der Waals surface area contributed by atoms with Crippen molar-refractivity contribution in [2.24, 2.45) is 5.10 Å². The van der Waals surface area contributed by atoms with E-state index in [1.54, 1.807) is 36.4 Å². The third-order valence-corrected chi connectivity index (χ3v) is 4.54. The summed E-state index contributed by atoms with van der Waals surface area (Å²) in [6.45, 7) is -0.318.